The number of pyridine rings is 1. The second-order valence-corrected chi connectivity index (χ2v) is 8.75. The van der Waals surface area contributed by atoms with Crippen molar-refractivity contribution < 1.29 is 9.53 Å². The second kappa shape index (κ2) is 9.51. The van der Waals surface area contributed by atoms with Gasteiger partial charge in [0, 0.05) is 36.1 Å². The van der Waals surface area contributed by atoms with Crippen LogP contribution < -0.4 is 4.74 Å². The minimum Gasteiger partial charge on any atom is -0.497 e. The number of ether oxygens (including phenoxy) is 1. The Kier molecular flexibility index (Phi) is 6.56. The monoisotopic (exact) mass is 437 g/mol. The summed E-state index contributed by atoms with van der Waals surface area (Å²) in [5.41, 5.74) is 1.73. The summed E-state index contributed by atoms with van der Waals surface area (Å²) in [5.74, 6) is 1.89. The number of benzene rings is 1. The summed E-state index contributed by atoms with van der Waals surface area (Å²) in [6.07, 6.45) is 6.79. The van der Waals surface area contributed by atoms with Crippen molar-refractivity contribution in [2.24, 2.45) is 0 Å². The van der Waals surface area contributed by atoms with Crippen LogP contribution in [0, 0.1) is 0 Å². The average Bonchev–Trinajstić information content (AvgIpc) is 3.22. The summed E-state index contributed by atoms with van der Waals surface area (Å²) in [6.45, 7) is 4.27. The number of piperidine rings is 1. The van der Waals surface area contributed by atoms with Crippen LogP contribution in [0.2, 0.25) is 0 Å². The number of hydrogen-bond donors (Lipinski definition) is 0. The van der Waals surface area contributed by atoms with Gasteiger partial charge in [-0.25, -0.2) is 0 Å². The number of rotatable bonds is 6. The zero-order valence-electron chi connectivity index (χ0n) is 18.1. The molecule has 0 radical (unpaired) electrons. The Morgan fingerprint density at radius 1 is 1.16 bits per heavy atom. The number of methoxy groups -OCH3 is 1. The molecule has 0 spiro atoms. The van der Waals surface area contributed by atoms with Crippen molar-refractivity contribution >= 4 is 17.7 Å². The minimum atomic E-state index is 0.146. The molecule has 0 unspecified atom stereocenters. The fraction of sp³-hybridized carbons (Fsp3) is 0.391. The smallest absolute Gasteiger partial charge is 0.233 e. The van der Waals surface area contributed by atoms with E-state index < -0.39 is 0 Å². The van der Waals surface area contributed by atoms with Crippen LogP contribution in [0.15, 0.2) is 53.9 Å². The number of likely N-dealkylation sites (tertiary alicyclic amines) is 1. The van der Waals surface area contributed by atoms with E-state index in [4.69, 9.17) is 4.74 Å². The zero-order valence-corrected chi connectivity index (χ0v) is 18.9. The Morgan fingerprint density at radius 2 is 1.97 bits per heavy atom. The van der Waals surface area contributed by atoms with E-state index in [1.54, 1.807) is 19.5 Å². The van der Waals surface area contributed by atoms with E-state index in [0.29, 0.717) is 16.7 Å². The normalized spacial score (nSPS) is 18.7. The van der Waals surface area contributed by atoms with Gasteiger partial charge >= 0.3 is 0 Å². The van der Waals surface area contributed by atoms with Crippen molar-refractivity contribution in [2.45, 2.75) is 50.4 Å². The van der Waals surface area contributed by atoms with Crippen LogP contribution in [0.5, 0.6) is 5.75 Å². The van der Waals surface area contributed by atoms with E-state index in [2.05, 4.69) is 29.0 Å². The molecule has 3 heterocycles. The van der Waals surface area contributed by atoms with Gasteiger partial charge in [-0.2, -0.15) is 0 Å². The number of hydrogen-bond acceptors (Lipinski definition) is 6. The molecule has 1 aromatic carbocycles. The van der Waals surface area contributed by atoms with Gasteiger partial charge in [-0.05, 0) is 57.4 Å². The van der Waals surface area contributed by atoms with E-state index in [1.807, 2.05) is 45.9 Å². The van der Waals surface area contributed by atoms with Crippen LogP contribution in [-0.2, 0) is 4.79 Å². The number of carbonyl (C=O) groups is 1. The maximum Gasteiger partial charge on any atom is 0.233 e. The molecule has 1 saturated heterocycles. The molecule has 2 aromatic heterocycles. The largest absolute Gasteiger partial charge is 0.497 e. The third-order valence-electron chi connectivity index (χ3n) is 5.67. The van der Waals surface area contributed by atoms with Gasteiger partial charge in [-0.1, -0.05) is 17.8 Å². The van der Waals surface area contributed by atoms with Gasteiger partial charge in [0.05, 0.1) is 18.6 Å². The van der Waals surface area contributed by atoms with Crippen LogP contribution >= 0.6 is 11.8 Å². The van der Waals surface area contributed by atoms with Crippen molar-refractivity contribution in [3.63, 3.8) is 0 Å². The Hall–Kier alpha value is -2.87. The maximum absolute atomic E-state index is 13.0. The lowest BCUT2D eigenvalue weighted by Gasteiger charge is -2.39. The van der Waals surface area contributed by atoms with Crippen LogP contribution in [0.4, 0.5) is 0 Å². The summed E-state index contributed by atoms with van der Waals surface area (Å²) < 4.78 is 7.36. The number of carbonyl (C=O) groups excluding carboxylic acids is 1. The summed E-state index contributed by atoms with van der Waals surface area (Å²) in [5, 5.41) is 9.51. The Balaban J connectivity index is 1.64. The highest BCUT2D eigenvalue weighted by atomic mass is 32.2. The van der Waals surface area contributed by atoms with Gasteiger partial charge in [-0.3, -0.25) is 14.3 Å². The highest BCUT2D eigenvalue weighted by Crippen LogP contribution is 2.30. The summed E-state index contributed by atoms with van der Waals surface area (Å²) in [4.78, 5) is 19.3. The van der Waals surface area contributed by atoms with Crippen LogP contribution in [-0.4, -0.2) is 55.5 Å². The Morgan fingerprint density at radius 3 is 2.68 bits per heavy atom. The first-order valence-corrected chi connectivity index (χ1v) is 11.5. The van der Waals surface area contributed by atoms with Crippen molar-refractivity contribution in [3.05, 3.63) is 48.8 Å². The molecular formula is C23H27N5O2S. The molecule has 0 saturated carbocycles. The van der Waals surface area contributed by atoms with Gasteiger partial charge in [0.1, 0.15) is 5.75 Å². The first-order valence-electron chi connectivity index (χ1n) is 10.5. The Labute approximate surface area is 186 Å². The summed E-state index contributed by atoms with van der Waals surface area (Å²) >= 11 is 1.41. The molecular weight excluding hydrogens is 410 g/mol. The first-order chi connectivity index (χ1) is 15.1. The molecule has 1 fully saturated rings. The van der Waals surface area contributed by atoms with Crippen LogP contribution in [0.3, 0.4) is 0 Å². The fourth-order valence-electron chi connectivity index (χ4n) is 4.14. The molecule has 7 nitrogen and oxygen atoms in total. The predicted octanol–water partition coefficient (Wildman–Crippen LogP) is 4.22. The molecule has 1 aliphatic heterocycles. The van der Waals surface area contributed by atoms with E-state index in [9.17, 15) is 4.79 Å². The third kappa shape index (κ3) is 4.58. The SMILES string of the molecule is COc1cccc(-n2c(SCC(=O)N3[C@@H](C)CCC[C@@H]3C)nnc2-c2cccnc2)c1. The molecule has 3 aromatic rings. The molecule has 0 bridgehead atoms. The van der Waals surface area contributed by atoms with Gasteiger partial charge in [0.25, 0.3) is 0 Å². The predicted molar refractivity (Wildman–Crippen MR) is 121 cm³/mol. The molecule has 0 aliphatic carbocycles. The van der Waals surface area contributed by atoms with Crippen molar-refractivity contribution in [2.75, 3.05) is 12.9 Å². The van der Waals surface area contributed by atoms with Crippen molar-refractivity contribution in [1.29, 1.82) is 0 Å². The highest BCUT2D eigenvalue weighted by molar-refractivity contribution is 7.99. The maximum atomic E-state index is 13.0. The number of thioether (sulfide) groups is 1. The third-order valence-corrected chi connectivity index (χ3v) is 6.58. The highest BCUT2D eigenvalue weighted by Gasteiger charge is 2.29. The van der Waals surface area contributed by atoms with Crippen molar-refractivity contribution in [3.8, 4) is 22.8 Å². The van der Waals surface area contributed by atoms with Gasteiger partial charge in [0.2, 0.25) is 5.91 Å². The second-order valence-electron chi connectivity index (χ2n) is 7.80. The fourth-order valence-corrected chi connectivity index (χ4v) is 4.96. The van der Waals surface area contributed by atoms with Gasteiger partial charge < -0.3 is 9.64 Å². The first kappa shape index (κ1) is 21.4. The minimum absolute atomic E-state index is 0.146. The average molecular weight is 438 g/mol. The van der Waals surface area contributed by atoms with E-state index in [0.717, 1.165) is 29.8 Å². The van der Waals surface area contributed by atoms with Gasteiger partial charge in [-0.15, -0.1) is 10.2 Å². The molecule has 8 heteroatoms. The molecule has 0 N–H and O–H groups in total. The van der Waals surface area contributed by atoms with E-state index >= 15 is 0 Å². The van der Waals surface area contributed by atoms with Crippen molar-refractivity contribution in [1.82, 2.24) is 24.6 Å². The number of nitrogens with zero attached hydrogens (tertiary/aromatic N) is 5. The lowest BCUT2D eigenvalue weighted by Crippen LogP contribution is -2.48. The number of amides is 1. The molecule has 162 valence electrons. The van der Waals surface area contributed by atoms with E-state index in [1.165, 1.54) is 18.2 Å². The summed E-state index contributed by atoms with van der Waals surface area (Å²) in [7, 11) is 1.64. The molecule has 31 heavy (non-hydrogen) atoms. The lowest BCUT2D eigenvalue weighted by molar-refractivity contribution is -0.134. The van der Waals surface area contributed by atoms with Gasteiger partial charge in [0.15, 0.2) is 11.0 Å². The molecule has 1 amide bonds. The molecule has 2 atom stereocenters. The van der Waals surface area contributed by atoms with E-state index in [-0.39, 0.29) is 18.0 Å². The zero-order chi connectivity index (χ0) is 21.8. The van der Waals surface area contributed by atoms with Crippen LogP contribution in [0.25, 0.3) is 17.1 Å². The lowest BCUT2D eigenvalue weighted by atomic mass is 9.98. The summed E-state index contributed by atoms with van der Waals surface area (Å²) in [6, 6.07) is 12.1. The standard InChI is InChI=1S/C23H27N5O2S/c1-16-7-4-8-17(2)27(16)21(29)15-31-23-26-25-22(18-9-6-12-24-14-18)28(23)19-10-5-11-20(13-19)30-3/h5-6,9-14,16-17H,4,7-8,15H2,1-3H3/t16-,17-/m0/s1. The topological polar surface area (TPSA) is 73.1 Å². The van der Waals surface area contributed by atoms with Crippen LogP contribution in [0.1, 0.15) is 33.1 Å². The molecule has 4 rings (SSSR count). The quantitative estimate of drug-likeness (QED) is 0.538. The Bertz CT molecular complexity index is 1030. The number of aromatic nitrogens is 4. The molecule has 1 aliphatic rings.